The highest BCUT2D eigenvalue weighted by atomic mass is 35.7. The lowest BCUT2D eigenvalue weighted by atomic mass is 11.8. The van der Waals surface area contributed by atoms with Crippen molar-refractivity contribution in [2.24, 2.45) is 0 Å². The van der Waals surface area contributed by atoms with Crippen LogP contribution in [0.5, 0.6) is 0 Å². The third kappa shape index (κ3) is 3.86. The Morgan fingerprint density at radius 2 is 1.43 bits per heavy atom. The third-order valence-corrected chi connectivity index (χ3v) is 3.21. The molecule has 0 saturated carbocycles. The van der Waals surface area contributed by atoms with E-state index >= 15 is 0 Å². The zero-order chi connectivity index (χ0) is 6.08. The summed E-state index contributed by atoms with van der Waals surface area (Å²) >= 11 is 14.9. The lowest BCUT2D eigenvalue weighted by molar-refractivity contribution is 0.691. The summed E-state index contributed by atoms with van der Waals surface area (Å²) in [6.45, 7) is 0. The third-order valence-electron chi connectivity index (χ3n) is 0.182. The van der Waals surface area contributed by atoms with Crippen molar-refractivity contribution in [1.29, 1.82) is 0 Å². The molecule has 0 aliphatic carbocycles. The van der Waals surface area contributed by atoms with Crippen LogP contribution in [-0.2, 0) is 10.0 Å². The maximum absolute atomic E-state index is 9.95. The molecule has 0 radical (unpaired) electrons. The predicted octanol–water partition coefficient (Wildman–Crippen LogP) is 2.22. The molecule has 0 rings (SSSR count). The molecule has 7 heavy (non-hydrogen) atoms. The van der Waals surface area contributed by atoms with Crippen molar-refractivity contribution in [2.45, 2.75) is 3.12 Å². The minimum Gasteiger partial charge on any atom is -0.238 e. The van der Waals surface area contributed by atoms with E-state index in [-0.39, 0.29) is 0 Å². The Bertz CT molecular complexity index is 84.2. The predicted molar refractivity (Wildman–Crippen MR) is 34.3 cm³/mol. The largest absolute Gasteiger partial charge is 0.280 e. The van der Waals surface area contributed by atoms with Crippen molar-refractivity contribution in [3.8, 4) is 0 Å². The Kier molecular flexibility index (Phi) is 3.25. The first kappa shape index (κ1) is 8.31. The maximum Gasteiger partial charge on any atom is 0.280 e. The number of alkyl halides is 3. The van der Waals surface area contributed by atoms with E-state index in [9.17, 15) is 4.21 Å². The fraction of sp³-hybridized carbons (Fsp3) is 1.00. The van der Waals surface area contributed by atoms with Gasteiger partial charge in [0.25, 0.3) is 3.12 Å². The first-order valence-electron chi connectivity index (χ1n) is 1.09. The summed E-state index contributed by atoms with van der Waals surface area (Å²) < 4.78 is 8.10. The molecule has 0 N–H and O–H groups in total. The van der Waals surface area contributed by atoms with Gasteiger partial charge in [-0.25, -0.2) is 4.21 Å². The molecule has 0 aromatic rings. The van der Waals surface area contributed by atoms with Gasteiger partial charge in [0.1, 0.15) is 0 Å². The fourth-order valence-corrected chi connectivity index (χ4v) is 0. The minimum atomic E-state index is -1.91. The van der Waals surface area contributed by atoms with Crippen LogP contribution in [0.15, 0.2) is 0 Å². The highest BCUT2D eigenvalue weighted by molar-refractivity contribution is 8.12. The second kappa shape index (κ2) is 2.74. The quantitative estimate of drug-likeness (QED) is 0.434. The van der Waals surface area contributed by atoms with Gasteiger partial charge in [0.05, 0.1) is 0 Å². The van der Waals surface area contributed by atoms with E-state index in [1.807, 2.05) is 0 Å². The summed E-state index contributed by atoms with van der Waals surface area (Å²) in [5.74, 6) is 0. The molecule has 0 aliphatic rings. The highest BCUT2D eigenvalue weighted by Crippen LogP contribution is 2.31. The number of hydrogen-bond donors (Lipinski definition) is 0. The Morgan fingerprint density at radius 3 is 1.43 bits per heavy atom. The maximum atomic E-state index is 9.95. The Balaban J connectivity index is 3.79. The van der Waals surface area contributed by atoms with Gasteiger partial charge in [-0.3, -0.25) is 0 Å². The summed E-state index contributed by atoms with van der Waals surface area (Å²) in [5, 5.41) is 0. The van der Waals surface area contributed by atoms with Crippen molar-refractivity contribution in [1.82, 2.24) is 0 Å². The summed E-state index contributed by atoms with van der Waals surface area (Å²) in [4.78, 5) is 0. The van der Waals surface area contributed by atoms with Crippen LogP contribution in [0.4, 0.5) is 0 Å². The average Bonchev–Trinajstić information content (AvgIpc) is 1.31. The van der Waals surface area contributed by atoms with Crippen molar-refractivity contribution in [3.63, 3.8) is 0 Å². The molecule has 0 spiro atoms. The topological polar surface area (TPSA) is 17.1 Å². The van der Waals surface area contributed by atoms with Gasteiger partial charge < -0.3 is 0 Å². The van der Waals surface area contributed by atoms with Gasteiger partial charge in [-0.05, 0) is 10.7 Å². The zero-order valence-corrected chi connectivity index (χ0v) is 6.67. The summed E-state index contributed by atoms with van der Waals surface area (Å²) in [7, 11) is 2.92. The van der Waals surface area contributed by atoms with Crippen LogP contribution >= 0.6 is 45.5 Å². The number of halogens is 4. The van der Waals surface area contributed by atoms with E-state index < -0.39 is 13.1 Å². The number of hydrogen-bond acceptors (Lipinski definition) is 1. The van der Waals surface area contributed by atoms with Gasteiger partial charge >= 0.3 is 0 Å². The molecule has 0 heterocycles. The molecule has 0 amide bonds. The van der Waals surface area contributed by atoms with Gasteiger partial charge in [0.15, 0.2) is 10.0 Å². The van der Waals surface area contributed by atoms with Crippen LogP contribution < -0.4 is 0 Å². The number of rotatable bonds is 0. The van der Waals surface area contributed by atoms with Gasteiger partial charge in [-0.1, -0.05) is 34.8 Å². The summed E-state index contributed by atoms with van der Waals surface area (Å²) in [6, 6.07) is 0. The van der Waals surface area contributed by atoms with Gasteiger partial charge in [-0.2, -0.15) is 0 Å². The van der Waals surface area contributed by atoms with Crippen molar-refractivity contribution in [3.05, 3.63) is 0 Å². The van der Waals surface area contributed by atoms with Crippen molar-refractivity contribution in [2.75, 3.05) is 0 Å². The van der Waals surface area contributed by atoms with E-state index in [0.717, 1.165) is 0 Å². The fourth-order valence-electron chi connectivity index (χ4n) is 0. The molecule has 0 bridgehead atoms. The summed E-state index contributed by atoms with van der Waals surface area (Å²) in [6.07, 6.45) is 0. The normalized spacial score (nSPS) is 16.6. The average molecular weight is 202 g/mol. The molecule has 1 nitrogen and oxygen atoms in total. The Hall–Kier alpha value is 1.31. The van der Waals surface area contributed by atoms with Crippen LogP contribution in [-0.4, -0.2) is 7.33 Å². The first-order chi connectivity index (χ1) is 2.94. The van der Waals surface area contributed by atoms with E-state index in [0.29, 0.717) is 0 Å². The van der Waals surface area contributed by atoms with Crippen LogP contribution in [0.25, 0.3) is 0 Å². The van der Waals surface area contributed by atoms with Crippen molar-refractivity contribution < 1.29 is 4.21 Å². The van der Waals surface area contributed by atoms with Crippen LogP contribution in [0.3, 0.4) is 0 Å². The van der Waals surface area contributed by atoms with Gasteiger partial charge in [0.2, 0.25) is 0 Å². The molecular formula is CCl4OS. The molecular weight excluding hydrogens is 202 g/mol. The minimum absolute atomic E-state index is 1.85. The molecule has 44 valence electrons. The Labute approximate surface area is 62.8 Å². The lowest BCUT2D eigenvalue weighted by Gasteiger charge is -2.00. The Morgan fingerprint density at radius 1 is 1.29 bits per heavy atom. The second-order valence-corrected chi connectivity index (χ2v) is 5.52. The van der Waals surface area contributed by atoms with E-state index in [4.69, 9.17) is 45.5 Å². The van der Waals surface area contributed by atoms with Crippen LogP contribution in [0.1, 0.15) is 0 Å². The van der Waals surface area contributed by atoms with E-state index in [2.05, 4.69) is 0 Å². The smallest absolute Gasteiger partial charge is 0.238 e. The van der Waals surface area contributed by atoms with Crippen molar-refractivity contribution >= 4 is 55.5 Å². The lowest BCUT2D eigenvalue weighted by Crippen LogP contribution is -2.03. The molecule has 0 aromatic heterocycles. The molecule has 0 fully saturated rings. The second-order valence-electron chi connectivity index (χ2n) is 0.669. The highest BCUT2D eigenvalue weighted by Gasteiger charge is 2.26. The molecule has 0 unspecified atom stereocenters. The molecule has 0 aromatic carbocycles. The van der Waals surface area contributed by atoms with E-state index in [1.165, 1.54) is 0 Å². The zero-order valence-electron chi connectivity index (χ0n) is 2.83. The molecule has 1 atom stereocenters. The summed E-state index contributed by atoms with van der Waals surface area (Å²) in [5.41, 5.74) is 0. The SMILES string of the molecule is O=[S@](Cl)C(Cl)(Cl)Cl. The first-order valence-corrected chi connectivity index (χ1v) is 4.20. The molecule has 0 aliphatic heterocycles. The molecule has 6 heteroatoms. The van der Waals surface area contributed by atoms with Gasteiger partial charge in [0, 0.05) is 0 Å². The van der Waals surface area contributed by atoms with E-state index in [1.54, 1.807) is 0 Å². The molecule has 0 saturated heterocycles. The van der Waals surface area contributed by atoms with Crippen LogP contribution in [0, 0.1) is 0 Å². The van der Waals surface area contributed by atoms with Gasteiger partial charge in [-0.15, -0.1) is 0 Å². The monoisotopic (exact) mass is 200 g/mol. The van der Waals surface area contributed by atoms with Crippen LogP contribution in [0.2, 0.25) is 0 Å². The standard InChI is InChI=1S/CCl4OS/c2-1(3,4)7(5)6/t7-/m0/s1.